The minimum Gasteiger partial charge on any atom is -0.389 e. The van der Waals surface area contributed by atoms with Crippen LogP contribution in [0.2, 0.25) is 0 Å². The Balaban J connectivity index is 2.17. The summed E-state index contributed by atoms with van der Waals surface area (Å²) in [6.45, 7) is 0. The van der Waals surface area contributed by atoms with Gasteiger partial charge in [0.2, 0.25) is 0 Å². The third-order valence-corrected chi connectivity index (χ3v) is 3.84. The quantitative estimate of drug-likeness (QED) is 0.754. The smallest absolute Gasteiger partial charge is 0.389 e. The Labute approximate surface area is 107 Å². The molecule has 1 saturated carbocycles. The van der Waals surface area contributed by atoms with Gasteiger partial charge in [0, 0.05) is 0 Å². The molecule has 2 N–H and O–H groups in total. The number of hydrogen-bond acceptors (Lipinski definition) is 5. The van der Waals surface area contributed by atoms with E-state index < -0.39 is 30.0 Å². The van der Waals surface area contributed by atoms with Gasteiger partial charge >= 0.3 is 12.1 Å². The maximum atomic E-state index is 12.2. The minimum absolute atomic E-state index is 0.110. The van der Waals surface area contributed by atoms with Crippen molar-refractivity contribution in [3.05, 3.63) is 0 Å². The fourth-order valence-electron chi connectivity index (χ4n) is 2.95. The summed E-state index contributed by atoms with van der Waals surface area (Å²) in [6.07, 6.45) is -4.38. The molecule has 0 aromatic heterocycles. The molecule has 1 heterocycles. The summed E-state index contributed by atoms with van der Waals surface area (Å²) in [4.78, 5) is 15.2. The molecule has 1 aliphatic carbocycles. The van der Waals surface area contributed by atoms with Crippen LogP contribution in [0.1, 0.15) is 38.5 Å². The number of carbonyl (C=O) groups excluding carboxylic acids is 1. The minimum atomic E-state index is -5.12. The Morgan fingerprint density at radius 3 is 2.32 bits per heavy atom. The van der Waals surface area contributed by atoms with Crippen LogP contribution in [0.15, 0.2) is 0 Å². The zero-order chi connectivity index (χ0) is 14.3. The number of alkyl halides is 3. The number of aliphatic hydroxyl groups excluding tert-OH is 2. The topological polar surface area (TPSA) is 70.0 Å². The maximum absolute atomic E-state index is 12.2. The van der Waals surface area contributed by atoms with Gasteiger partial charge in [-0.15, -0.1) is 5.06 Å². The Morgan fingerprint density at radius 1 is 1.21 bits per heavy atom. The average molecular weight is 283 g/mol. The standard InChI is InChI=1S/C11H16F3NO4/c12-11(13,14)9(18)19-15-8(17)7(16)6-10(15)4-2-1-3-5-10/h7-8,16-17H,1-6H2. The SMILES string of the molecule is O=C(ON1C(O)C(O)CC12CCCCC2)C(F)(F)F. The molecule has 0 bridgehead atoms. The van der Waals surface area contributed by atoms with Crippen LogP contribution in [-0.2, 0) is 9.63 Å². The van der Waals surface area contributed by atoms with Crippen molar-refractivity contribution < 1.29 is 33.0 Å². The van der Waals surface area contributed by atoms with E-state index in [0.717, 1.165) is 19.3 Å². The summed E-state index contributed by atoms with van der Waals surface area (Å²) in [5.74, 6) is -2.37. The van der Waals surface area contributed by atoms with E-state index in [1.54, 1.807) is 0 Å². The molecule has 0 radical (unpaired) electrons. The van der Waals surface area contributed by atoms with Crippen LogP contribution < -0.4 is 0 Å². The summed E-state index contributed by atoms with van der Waals surface area (Å²) in [5.41, 5.74) is -0.877. The highest BCUT2D eigenvalue weighted by atomic mass is 19.4. The van der Waals surface area contributed by atoms with Gasteiger partial charge in [0.05, 0.1) is 11.6 Å². The molecule has 1 aliphatic heterocycles. The lowest BCUT2D eigenvalue weighted by Crippen LogP contribution is -2.51. The Morgan fingerprint density at radius 2 is 1.79 bits per heavy atom. The molecule has 0 aromatic rings. The fourth-order valence-corrected chi connectivity index (χ4v) is 2.95. The first-order chi connectivity index (χ1) is 8.76. The molecule has 19 heavy (non-hydrogen) atoms. The molecule has 0 amide bonds. The third-order valence-electron chi connectivity index (χ3n) is 3.84. The van der Waals surface area contributed by atoms with Gasteiger partial charge in [-0.2, -0.15) is 13.2 Å². The molecule has 2 unspecified atom stereocenters. The zero-order valence-electron chi connectivity index (χ0n) is 10.2. The molecule has 110 valence electrons. The van der Waals surface area contributed by atoms with Crippen LogP contribution in [0.5, 0.6) is 0 Å². The molecule has 0 aromatic carbocycles. The van der Waals surface area contributed by atoms with Crippen molar-refractivity contribution in [3.63, 3.8) is 0 Å². The second-order valence-corrected chi connectivity index (χ2v) is 5.17. The van der Waals surface area contributed by atoms with E-state index in [0.29, 0.717) is 17.9 Å². The van der Waals surface area contributed by atoms with Crippen LogP contribution in [0.25, 0.3) is 0 Å². The van der Waals surface area contributed by atoms with Crippen LogP contribution >= 0.6 is 0 Å². The number of nitrogens with zero attached hydrogens (tertiary/aromatic N) is 1. The van der Waals surface area contributed by atoms with Crippen molar-refractivity contribution in [2.45, 2.75) is 62.6 Å². The third kappa shape index (κ3) is 2.70. The van der Waals surface area contributed by atoms with E-state index in [9.17, 15) is 28.2 Å². The van der Waals surface area contributed by atoms with Crippen LogP contribution in [0.4, 0.5) is 13.2 Å². The first kappa shape index (κ1) is 14.5. The predicted molar refractivity (Wildman–Crippen MR) is 56.4 cm³/mol. The van der Waals surface area contributed by atoms with Gasteiger partial charge < -0.3 is 15.1 Å². The van der Waals surface area contributed by atoms with Crippen LogP contribution in [-0.4, -0.2) is 45.3 Å². The van der Waals surface area contributed by atoms with E-state index in [2.05, 4.69) is 4.84 Å². The molecule has 2 fully saturated rings. The second kappa shape index (κ2) is 4.92. The van der Waals surface area contributed by atoms with Crippen molar-refractivity contribution in [2.24, 2.45) is 0 Å². The van der Waals surface area contributed by atoms with Gasteiger partial charge in [-0.1, -0.05) is 19.3 Å². The predicted octanol–water partition coefficient (Wildman–Crippen LogP) is 1.09. The van der Waals surface area contributed by atoms with Crippen molar-refractivity contribution in [3.8, 4) is 0 Å². The first-order valence-corrected chi connectivity index (χ1v) is 6.21. The summed E-state index contributed by atoms with van der Waals surface area (Å²) in [6, 6.07) is 0. The van der Waals surface area contributed by atoms with Crippen LogP contribution in [0.3, 0.4) is 0 Å². The highest BCUT2D eigenvalue weighted by molar-refractivity contribution is 5.75. The number of halogens is 3. The maximum Gasteiger partial charge on any atom is 0.492 e. The highest BCUT2D eigenvalue weighted by Gasteiger charge is 2.55. The Bertz CT molecular complexity index is 354. The molecule has 2 atom stereocenters. The fraction of sp³-hybridized carbons (Fsp3) is 0.909. The van der Waals surface area contributed by atoms with Crippen molar-refractivity contribution in [1.29, 1.82) is 0 Å². The number of hydroxylamine groups is 2. The number of carbonyl (C=O) groups is 1. The monoisotopic (exact) mass is 283 g/mol. The van der Waals surface area contributed by atoms with Gasteiger partial charge in [-0.25, -0.2) is 4.79 Å². The molecule has 1 spiro atoms. The highest BCUT2D eigenvalue weighted by Crippen LogP contribution is 2.44. The average Bonchev–Trinajstić information content (AvgIpc) is 2.54. The molecule has 1 saturated heterocycles. The Kier molecular flexibility index (Phi) is 3.76. The molecular weight excluding hydrogens is 267 g/mol. The lowest BCUT2D eigenvalue weighted by atomic mass is 9.80. The first-order valence-electron chi connectivity index (χ1n) is 6.21. The number of hydrogen-bond donors (Lipinski definition) is 2. The van der Waals surface area contributed by atoms with E-state index in [1.807, 2.05) is 0 Å². The normalized spacial score (nSPS) is 31.6. The number of aliphatic hydroxyl groups is 2. The Hall–Kier alpha value is -0.860. The lowest BCUT2D eigenvalue weighted by Gasteiger charge is -2.40. The van der Waals surface area contributed by atoms with Gasteiger partial charge in [-0.3, -0.25) is 0 Å². The molecule has 2 rings (SSSR count). The zero-order valence-corrected chi connectivity index (χ0v) is 10.2. The van der Waals surface area contributed by atoms with E-state index in [4.69, 9.17) is 0 Å². The largest absolute Gasteiger partial charge is 0.492 e. The van der Waals surface area contributed by atoms with Crippen molar-refractivity contribution >= 4 is 5.97 Å². The van der Waals surface area contributed by atoms with Gasteiger partial charge in [0.15, 0.2) is 6.23 Å². The van der Waals surface area contributed by atoms with Crippen molar-refractivity contribution in [2.75, 3.05) is 0 Å². The van der Waals surface area contributed by atoms with Gasteiger partial charge in [0.25, 0.3) is 0 Å². The van der Waals surface area contributed by atoms with Gasteiger partial charge in [-0.05, 0) is 19.3 Å². The molecular formula is C11H16F3NO4. The summed E-state index contributed by atoms with van der Waals surface area (Å²) in [7, 11) is 0. The van der Waals surface area contributed by atoms with Crippen molar-refractivity contribution in [1.82, 2.24) is 5.06 Å². The second-order valence-electron chi connectivity index (χ2n) is 5.17. The van der Waals surface area contributed by atoms with Gasteiger partial charge in [0.1, 0.15) is 0 Å². The van der Waals surface area contributed by atoms with E-state index in [-0.39, 0.29) is 6.42 Å². The summed E-state index contributed by atoms with van der Waals surface area (Å²) < 4.78 is 36.7. The van der Waals surface area contributed by atoms with Crippen LogP contribution in [0, 0.1) is 0 Å². The van der Waals surface area contributed by atoms with E-state index in [1.165, 1.54) is 0 Å². The molecule has 8 heteroatoms. The summed E-state index contributed by atoms with van der Waals surface area (Å²) in [5, 5.41) is 20.0. The van der Waals surface area contributed by atoms with E-state index >= 15 is 0 Å². The molecule has 5 nitrogen and oxygen atoms in total. The molecule has 2 aliphatic rings. The lowest BCUT2D eigenvalue weighted by molar-refractivity contribution is -0.289. The summed E-state index contributed by atoms with van der Waals surface area (Å²) >= 11 is 0. The number of rotatable bonds is 1.